The monoisotopic (exact) mass is 197 g/mol. The van der Waals surface area contributed by atoms with E-state index < -0.39 is 0 Å². The van der Waals surface area contributed by atoms with E-state index in [0.717, 1.165) is 12.8 Å². The van der Waals surface area contributed by atoms with Crippen LogP contribution in [-0.2, 0) is 9.53 Å². The number of rotatable bonds is 2. The van der Waals surface area contributed by atoms with Crippen LogP contribution in [0.1, 0.15) is 32.1 Å². The molecular formula is C11H19NO2. The lowest BCUT2D eigenvalue weighted by molar-refractivity contribution is -0.128. The highest BCUT2D eigenvalue weighted by atomic mass is 16.5. The molecule has 0 spiro atoms. The van der Waals surface area contributed by atoms with Crippen LogP contribution in [0.5, 0.6) is 0 Å². The first-order chi connectivity index (χ1) is 6.79. The summed E-state index contributed by atoms with van der Waals surface area (Å²) >= 11 is 0. The summed E-state index contributed by atoms with van der Waals surface area (Å²) in [6.45, 7) is 1.11. The van der Waals surface area contributed by atoms with E-state index in [1.165, 1.54) is 19.3 Å². The fraction of sp³-hybridized carbons (Fsp3) is 0.909. The van der Waals surface area contributed by atoms with Crippen LogP contribution >= 0.6 is 0 Å². The zero-order chi connectivity index (χ0) is 9.97. The van der Waals surface area contributed by atoms with Crippen molar-refractivity contribution < 1.29 is 9.53 Å². The van der Waals surface area contributed by atoms with E-state index in [1.807, 2.05) is 0 Å². The van der Waals surface area contributed by atoms with Gasteiger partial charge < -0.3 is 10.5 Å². The molecule has 1 saturated carbocycles. The Morgan fingerprint density at radius 3 is 2.43 bits per heavy atom. The van der Waals surface area contributed by atoms with Gasteiger partial charge in [-0.3, -0.25) is 4.79 Å². The third kappa shape index (κ3) is 1.98. The van der Waals surface area contributed by atoms with Gasteiger partial charge in [-0.05, 0) is 12.8 Å². The minimum absolute atomic E-state index is 0.0156. The number of ketones is 1. The smallest absolute Gasteiger partial charge is 0.142 e. The molecule has 1 saturated heterocycles. The van der Waals surface area contributed by atoms with Crippen molar-refractivity contribution in [2.45, 2.75) is 38.1 Å². The molecule has 2 unspecified atom stereocenters. The lowest BCUT2D eigenvalue weighted by Crippen LogP contribution is -2.37. The van der Waals surface area contributed by atoms with Gasteiger partial charge in [0.2, 0.25) is 0 Å². The fourth-order valence-corrected chi connectivity index (χ4v) is 2.55. The molecule has 1 heterocycles. The van der Waals surface area contributed by atoms with Crippen LogP contribution in [0.2, 0.25) is 0 Å². The van der Waals surface area contributed by atoms with Gasteiger partial charge in [-0.15, -0.1) is 0 Å². The summed E-state index contributed by atoms with van der Waals surface area (Å²) in [5.41, 5.74) is 5.84. The van der Waals surface area contributed by atoms with Crippen molar-refractivity contribution in [3.05, 3.63) is 0 Å². The molecule has 3 nitrogen and oxygen atoms in total. The molecule has 3 heteroatoms. The first-order valence-electron chi connectivity index (χ1n) is 5.66. The highest BCUT2D eigenvalue weighted by molar-refractivity contribution is 5.84. The van der Waals surface area contributed by atoms with Crippen molar-refractivity contribution >= 4 is 5.78 Å². The normalized spacial score (nSPS) is 34.6. The predicted octanol–water partition coefficient (Wildman–Crippen LogP) is 1.11. The Bertz CT molecular complexity index is 211. The number of hydrogen-bond acceptors (Lipinski definition) is 3. The zero-order valence-electron chi connectivity index (χ0n) is 8.58. The number of hydrogen-bond donors (Lipinski definition) is 1. The van der Waals surface area contributed by atoms with E-state index in [0.29, 0.717) is 19.0 Å². The van der Waals surface area contributed by atoms with Gasteiger partial charge in [-0.2, -0.15) is 0 Å². The molecule has 14 heavy (non-hydrogen) atoms. The summed E-state index contributed by atoms with van der Waals surface area (Å²) in [4.78, 5) is 12.1. The Hall–Kier alpha value is -0.410. The molecule has 80 valence electrons. The molecule has 2 rings (SSSR count). The van der Waals surface area contributed by atoms with Crippen LogP contribution in [0.15, 0.2) is 0 Å². The molecule has 0 aromatic rings. The third-order valence-corrected chi connectivity index (χ3v) is 3.50. The number of carbonyl (C=O) groups excluding carboxylic acids is 1. The molecule has 0 radical (unpaired) electrons. The maximum absolute atomic E-state index is 12.1. The number of Topliss-reactive ketones (excluding diaryl/α,β-unsaturated/α-hetero) is 1. The van der Waals surface area contributed by atoms with Gasteiger partial charge in [0.25, 0.3) is 0 Å². The Balaban J connectivity index is 1.92. The van der Waals surface area contributed by atoms with Crippen molar-refractivity contribution in [1.29, 1.82) is 0 Å². The highest BCUT2D eigenvalue weighted by Gasteiger charge is 2.35. The minimum Gasteiger partial charge on any atom is -0.379 e. The van der Waals surface area contributed by atoms with Gasteiger partial charge in [0.05, 0.1) is 19.1 Å². The third-order valence-electron chi connectivity index (χ3n) is 3.50. The van der Waals surface area contributed by atoms with Crippen molar-refractivity contribution in [2.75, 3.05) is 13.2 Å². The fourth-order valence-electron chi connectivity index (χ4n) is 2.55. The Labute approximate surface area is 85.0 Å². The van der Waals surface area contributed by atoms with Crippen molar-refractivity contribution in [2.24, 2.45) is 17.6 Å². The number of nitrogens with two attached hydrogens (primary N) is 1. The van der Waals surface area contributed by atoms with Crippen molar-refractivity contribution in [3.8, 4) is 0 Å². The van der Waals surface area contributed by atoms with E-state index in [2.05, 4.69) is 0 Å². The first kappa shape index (κ1) is 10.1. The Kier molecular flexibility index (Phi) is 3.19. The van der Waals surface area contributed by atoms with E-state index in [4.69, 9.17) is 10.5 Å². The van der Waals surface area contributed by atoms with Crippen LogP contribution in [0.3, 0.4) is 0 Å². The Morgan fingerprint density at radius 1 is 1.14 bits per heavy atom. The second-order valence-corrected chi connectivity index (χ2v) is 4.55. The average Bonchev–Trinajstić information content (AvgIpc) is 2.65. The SMILES string of the molecule is NC1COCC1C(=O)C1CCCCC1. The van der Waals surface area contributed by atoms with Crippen LogP contribution < -0.4 is 5.73 Å². The zero-order valence-corrected chi connectivity index (χ0v) is 8.58. The summed E-state index contributed by atoms with van der Waals surface area (Å²) in [6, 6.07) is -0.0515. The topological polar surface area (TPSA) is 52.3 Å². The largest absolute Gasteiger partial charge is 0.379 e. The molecule has 1 aliphatic heterocycles. The Morgan fingerprint density at radius 2 is 1.86 bits per heavy atom. The second-order valence-electron chi connectivity index (χ2n) is 4.55. The summed E-state index contributed by atoms with van der Waals surface area (Å²) in [5, 5.41) is 0. The van der Waals surface area contributed by atoms with E-state index >= 15 is 0 Å². The summed E-state index contributed by atoms with van der Waals surface area (Å²) < 4.78 is 5.24. The van der Waals surface area contributed by atoms with Gasteiger partial charge in [0, 0.05) is 12.0 Å². The number of carbonyl (C=O) groups is 1. The summed E-state index contributed by atoms with van der Waals surface area (Å²) in [7, 11) is 0. The standard InChI is InChI=1S/C11H19NO2/c12-10-7-14-6-9(10)11(13)8-4-2-1-3-5-8/h8-10H,1-7,12H2. The molecule has 0 aromatic carbocycles. The molecular weight excluding hydrogens is 178 g/mol. The summed E-state index contributed by atoms with van der Waals surface area (Å²) in [5.74, 6) is 0.634. The maximum Gasteiger partial charge on any atom is 0.142 e. The average molecular weight is 197 g/mol. The second kappa shape index (κ2) is 4.41. The molecule has 1 aliphatic carbocycles. The van der Waals surface area contributed by atoms with E-state index in [-0.39, 0.29) is 17.9 Å². The predicted molar refractivity (Wildman–Crippen MR) is 53.9 cm³/mol. The lowest BCUT2D eigenvalue weighted by atomic mass is 9.80. The van der Waals surface area contributed by atoms with Crippen molar-refractivity contribution in [1.82, 2.24) is 0 Å². The summed E-state index contributed by atoms with van der Waals surface area (Å²) in [6.07, 6.45) is 5.85. The molecule has 2 aliphatic rings. The lowest BCUT2D eigenvalue weighted by Gasteiger charge is -2.24. The van der Waals surface area contributed by atoms with Gasteiger partial charge in [-0.25, -0.2) is 0 Å². The molecule has 2 fully saturated rings. The van der Waals surface area contributed by atoms with Crippen LogP contribution in [0.4, 0.5) is 0 Å². The van der Waals surface area contributed by atoms with Crippen molar-refractivity contribution in [3.63, 3.8) is 0 Å². The number of ether oxygens (including phenoxy) is 1. The molecule has 2 N–H and O–H groups in total. The maximum atomic E-state index is 12.1. The quantitative estimate of drug-likeness (QED) is 0.721. The van der Waals surface area contributed by atoms with E-state index in [9.17, 15) is 4.79 Å². The molecule has 2 atom stereocenters. The highest BCUT2D eigenvalue weighted by Crippen LogP contribution is 2.28. The van der Waals surface area contributed by atoms with E-state index in [1.54, 1.807) is 0 Å². The molecule has 0 amide bonds. The van der Waals surface area contributed by atoms with Gasteiger partial charge in [0.1, 0.15) is 5.78 Å². The van der Waals surface area contributed by atoms with Crippen LogP contribution in [-0.4, -0.2) is 25.0 Å². The minimum atomic E-state index is -0.0515. The van der Waals surface area contributed by atoms with Gasteiger partial charge in [0.15, 0.2) is 0 Å². The molecule has 0 bridgehead atoms. The van der Waals surface area contributed by atoms with Gasteiger partial charge >= 0.3 is 0 Å². The van der Waals surface area contributed by atoms with Gasteiger partial charge in [-0.1, -0.05) is 19.3 Å². The first-order valence-corrected chi connectivity index (χ1v) is 5.66. The van der Waals surface area contributed by atoms with Crippen LogP contribution in [0, 0.1) is 11.8 Å². The molecule has 0 aromatic heterocycles. The van der Waals surface area contributed by atoms with Crippen LogP contribution in [0.25, 0.3) is 0 Å².